The molecule has 0 aromatic heterocycles. The number of rotatable bonds is 1. The van der Waals surface area contributed by atoms with Crippen LogP contribution in [0, 0.1) is 23.2 Å². The maximum absolute atomic E-state index is 11.9. The molecule has 0 heterocycles. The largest absolute Gasteiger partial charge is 0.299 e. The zero-order valence-electron chi connectivity index (χ0n) is 8.38. The van der Waals surface area contributed by atoms with Gasteiger partial charge in [-0.3, -0.25) is 4.79 Å². The van der Waals surface area contributed by atoms with Crippen molar-refractivity contribution >= 4 is 5.78 Å². The minimum absolute atomic E-state index is 0.456. The van der Waals surface area contributed by atoms with Crippen molar-refractivity contribution in [1.82, 2.24) is 0 Å². The van der Waals surface area contributed by atoms with Crippen LogP contribution in [0.4, 0.5) is 0 Å². The number of fused-ring (bicyclic) bond motifs is 2. The third kappa shape index (κ3) is 0.963. The molecule has 3 aliphatic rings. The topological polar surface area (TPSA) is 17.1 Å². The van der Waals surface area contributed by atoms with Gasteiger partial charge in [0, 0.05) is 12.3 Å². The molecule has 0 N–H and O–H groups in total. The van der Waals surface area contributed by atoms with Gasteiger partial charge in [0.2, 0.25) is 0 Å². The second-order valence-electron chi connectivity index (χ2n) is 5.61. The molecular formula is C12H18O. The van der Waals surface area contributed by atoms with Crippen LogP contribution in [0.3, 0.4) is 0 Å². The number of hydrogen-bond acceptors (Lipinski definition) is 1. The fourth-order valence-electron chi connectivity index (χ4n) is 4.34. The third-order valence-electron chi connectivity index (χ3n) is 4.92. The van der Waals surface area contributed by atoms with Crippen molar-refractivity contribution in [3.63, 3.8) is 0 Å². The van der Waals surface area contributed by atoms with E-state index in [2.05, 4.69) is 6.92 Å². The van der Waals surface area contributed by atoms with Crippen molar-refractivity contribution in [3.8, 4) is 0 Å². The minimum Gasteiger partial charge on any atom is -0.299 e. The number of hydrogen-bond donors (Lipinski definition) is 0. The van der Waals surface area contributed by atoms with Crippen LogP contribution < -0.4 is 0 Å². The van der Waals surface area contributed by atoms with Crippen molar-refractivity contribution in [1.29, 1.82) is 0 Å². The number of carbonyl (C=O) groups is 1. The Labute approximate surface area is 79.9 Å². The quantitative estimate of drug-likeness (QED) is 0.603. The predicted molar refractivity (Wildman–Crippen MR) is 51.3 cm³/mol. The number of Topliss-reactive ketones (excluding diaryl/α,β-unsaturated/α-hetero) is 1. The van der Waals surface area contributed by atoms with Crippen molar-refractivity contribution < 1.29 is 4.79 Å². The van der Waals surface area contributed by atoms with Gasteiger partial charge in [-0.05, 0) is 42.9 Å². The van der Waals surface area contributed by atoms with Crippen LogP contribution in [0.15, 0.2) is 0 Å². The van der Waals surface area contributed by atoms with Gasteiger partial charge < -0.3 is 0 Å². The van der Waals surface area contributed by atoms with E-state index in [0.29, 0.717) is 17.1 Å². The maximum atomic E-state index is 11.9. The molecule has 13 heavy (non-hydrogen) atoms. The van der Waals surface area contributed by atoms with Crippen LogP contribution in [-0.2, 0) is 4.79 Å². The molecule has 1 nitrogen and oxygen atoms in total. The summed E-state index contributed by atoms with van der Waals surface area (Å²) in [5.74, 6) is 2.81. The highest BCUT2D eigenvalue weighted by Gasteiger charge is 2.54. The Kier molecular flexibility index (Phi) is 1.46. The average molecular weight is 178 g/mol. The van der Waals surface area contributed by atoms with Gasteiger partial charge in [-0.2, -0.15) is 0 Å². The Balaban J connectivity index is 1.99. The lowest BCUT2D eigenvalue weighted by Crippen LogP contribution is -2.38. The normalized spacial score (nSPS) is 53.0. The monoisotopic (exact) mass is 178 g/mol. The third-order valence-corrected chi connectivity index (χ3v) is 4.92. The van der Waals surface area contributed by atoms with Crippen LogP contribution >= 0.6 is 0 Å². The first-order valence-electron chi connectivity index (χ1n) is 5.75. The zero-order chi connectivity index (χ0) is 9.05. The van der Waals surface area contributed by atoms with Gasteiger partial charge in [0.05, 0.1) is 0 Å². The highest BCUT2D eigenvalue weighted by molar-refractivity contribution is 5.83. The van der Waals surface area contributed by atoms with E-state index in [1.165, 1.54) is 32.1 Å². The van der Waals surface area contributed by atoms with Crippen molar-refractivity contribution in [2.45, 2.75) is 45.4 Å². The molecule has 0 aromatic carbocycles. The van der Waals surface area contributed by atoms with E-state index in [9.17, 15) is 4.79 Å². The summed E-state index contributed by atoms with van der Waals surface area (Å²) >= 11 is 0. The van der Waals surface area contributed by atoms with Crippen molar-refractivity contribution in [3.05, 3.63) is 0 Å². The molecule has 0 amide bonds. The average Bonchev–Trinajstić information content (AvgIpc) is 2.36. The fourth-order valence-corrected chi connectivity index (χ4v) is 4.34. The summed E-state index contributed by atoms with van der Waals surface area (Å²) in [6.45, 7) is 2.28. The fraction of sp³-hybridized carbons (Fsp3) is 0.917. The molecule has 0 spiro atoms. The van der Waals surface area contributed by atoms with Gasteiger partial charge in [0.15, 0.2) is 0 Å². The van der Waals surface area contributed by atoms with Gasteiger partial charge in [-0.15, -0.1) is 0 Å². The molecule has 4 atom stereocenters. The van der Waals surface area contributed by atoms with Crippen LogP contribution in [0.1, 0.15) is 45.4 Å². The molecule has 0 radical (unpaired) electrons. The minimum atomic E-state index is 0.456. The second-order valence-corrected chi connectivity index (χ2v) is 5.61. The first-order chi connectivity index (χ1) is 6.22. The van der Waals surface area contributed by atoms with Crippen LogP contribution in [-0.4, -0.2) is 5.78 Å². The Morgan fingerprint density at radius 3 is 3.00 bits per heavy atom. The lowest BCUT2D eigenvalue weighted by molar-refractivity contribution is -0.130. The van der Waals surface area contributed by atoms with Gasteiger partial charge in [0.1, 0.15) is 5.78 Å². The molecule has 0 aromatic rings. The molecule has 0 aliphatic heterocycles. The van der Waals surface area contributed by atoms with Crippen molar-refractivity contribution in [2.24, 2.45) is 23.2 Å². The van der Waals surface area contributed by atoms with E-state index in [1.54, 1.807) is 0 Å². The van der Waals surface area contributed by atoms with E-state index >= 15 is 0 Å². The van der Waals surface area contributed by atoms with E-state index in [4.69, 9.17) is 0 Å². The molecule has 0 saturated heterocycles. The highest BCUT2D eigenvalue weighted by atomic mass is 16.1. The van der Waals surface area contributed by atoms with E-state index in [1.807, 2.05) is 0 Å². The molecule has 3 rings (SSSR count). The van der Waals surface area contributed by atoms with E-state index in [-0.39, 0.29) is 0 Å². The summed E-state index contributed by atoms with van der Waals surface area (Å²) in [4.78, 5) is 11.9. The Morgan fingerprint density at radius 1 is 1.38 bits per heavy atom. The summed E-state index contributed by atoms with van der Waals surface area (Å²) < 4.78 is 0. The molecule has 4 unspecified atom stereocenters. The second kappa shape index (κ2) is 2.37. The first-order valence-corrected chi connectivity index (χ1v) is 5.75. The summed E-state index contributed by atoms with van der Waals surface area (Å²) in [7, 11) is 0. The molecule has 1 heteroatoms. The molecule has 3 fully saturated rings. The van der Waals surface area contributed by atoms with Crippen LogP contribution in [0.5, 0.6) is 0 Å². The maximum Gasteiger partial charge on any atom is 0.136 e. The Morgan fingerprint density at radius 2 is 2.23 bits per heavy atom. The lowest BCUT2D eigenvalue weighted by Gasteiger charge is -2.43. The zero-order valence-corrected chi connectivity index (χ0v) is 8.38. The van der Waals surface area contributed by atoms with Gasteiger partial charge in [-0.25, -0.2) is 0 Å². The standard InChI is InChI=1S/C12H18O/c1-2-12-5-8-3-9(6-12)10(4-8)11(13)7-12/h8-10H,2-7H2,1H3. The molecule has 72 valence electrons. The lowest BCUT2D eigenvalue weighted by atomic mass is 9.60. The summed E-state index contributed by atoms with van der Waals surface area (Å²) in [6, 6.07) is 0. The van der Waals surface area contributed by atoms with Crippen LogP contribution in [0.2, 0.25) is 0 Å². The smallest absolute Gasteiger partial charge is 0.136 e. The number of ketones is 1. The summed E-state index contributed by atoms with van der Waals surface area (Å²) in [5, 5.41) is 0. The summed E-state index contributed by atoms with van der Waals surface area (Å²) in [6.07, 6.45) is 7.50. The van der Waals surface area contributed by atoms with E-state index in [0.717, 1.165) is 18.3 Å². The SMILES string of the molecule is CCC12CC(=O)C3CC(CC3C1)C2. The highest BCUT2D eigenvalue weighted by Crippen LogP contribution is 2.60. The van der Waals surface area contributed by atoms with Gasteiger partial charge in [-0.1, -0.05) is 13.3 Å². The predicted octanol–water partition coefficient (Wildman–Crippen LogP) is 2.79. The van der Waals surface area contributed by atoms with Gasteiger partial charge in [0.25, 0.3) is 0 Å². The van der Waals surface area contributed by atoms with Gasteiger partial charge >= 0.3 is 0 Å². The Hall–Kier alpha value is -0.330. The molecule has 3 bridgehead atoms. The van der Waals surface area contributed by atoms with Crippen LogP contribution in [0.25, 0.3) is 0 Å². The summed E-state index contributed by atoms with van der Waals surface area (Å²) in [5.41, 5.74) is 0.456. The molecular weight excluding hydrogens is 160 g/mol. The van der Waals surface area contributed by atoms with E-state index < -0.39 is 0 Å². The first kappa shape index (κ1) is 8.02. The molecule has 3 aliphatic carbocycles. The molecule has 3 saturated carbocycles. The van der Waals surface area contributed by atoms with Crippen molar-refractivity contribution in [2.75, 3.05) is 0 Å². The Bertz CT molecular complexity index is 254. The number of carbonyl (C=O) groups excluding carboxylic acids is 1.